The van der Waals surface area contributed by atoms with Crippen LogP contribution in [0.3, 0.4) is 0 Å². The minimum Gasteiger partial charge on any atom is -0.488 e. The molecule has 154 valence electrons. The number of rotatable bonds is 7. The van der Waals surface area contributed by atoms with E-state index in [-0.39, 0.29) is 0 Å². The molecule has 0 aliphatic rings. The average Bonchev–Trinajstić information content (AvgIpc) is 3.16. The number of benzene rings is 3. The molecular weight excluding hydrogens is 454 g/mol. The second kappa shape index (κ2) is 9.45. The molecular formula is C24H20BrN5O. The molecule has 0 radical (unpaired) electrons. The Labute approximate surface area is 188 Å². The van der Waals surface area contributed by atoms with Crippen molar-refractivity contribution in [1.29, 1.82) is 5.26 Å². The fourth-order valence-corrected chi connectivity index (χ4v) is 3.78. The predicted octanol–water partition coefficient (Wildman–Crippen LogP) is 5.72. The van der Waals surface area contributed by atoms with Crippen LogP contribution in [0.25, 0.3) is 11.0 Å². The third kappa shape index (κ3) is 4.60. The number of para-hydroxylation sites is 2. The molecule has 0 amide bonds. The van der Waals surface area contributed by atoms with Crippen molar-refractivity contribution >= 4 is 39.1 Å². The van der Waals surface area contributed by atoms with E-state index in [1.807, 2.05) is 60.7 Å². The molecule has 0 spiro atoms. The zero-order valence-electron chi connectivity index (χ0n) is 16.9. The van der Waals surface area contributed by atoms with Gasteiger partial charge in [-0.05, 0) is 64.8 Å². The highest BCUT2D eigenvalue weighted by Gasteiger charge is 2.08. The Balaban J connectivity index is 1.44. The van der Waals surface area contributed by atoms with Crippen LogP contribution in [0.15, 0.2) is 76.3 Å². The lowest BCUT2D eigenvalue weighted by molar-refractivity contribution is 0.304. The zero-order chi connectivity index (χ0) is 21.6. The maximum Gasteiger partial charge on any atom is 0.224 e. The van der Waals surface area contributed by atoms with Crippen LogP contribution < -0.4 is 10.2 Å². The molecule has 31 heavy (non-hydrogen) atoms. The van der Waals surface area contributed by atoms with E-state index in [1.165, 1.54) is 0 Å². The largest absolute Gasteiger partial charge is 0.488 e. The van der Waals surface area contributed by atoms with Gasteiger partial charge in [0.05, 0.1) is 33.4 Å². The second-order valence-corrected chi connectivity index (χ2v) is 7.64. The monoisotopic (exact) mass is 473 g/mol. The summed E-state index contributed by atoms with van der Waals surface area (Å²) in [6, 6.07) is 23.3. The van der Waals surface area contributed by atoms with Crippen molar-refractivity contribution in [2.75, 3.05) is 5.43 Å². The number of hydrogen-bond donors (Lipinski definition) is 1. The third-order valence-electron chi connectivity index (χ3n) is 4.83. The summed E-state index contributed by atoms with van der Waals surface area (Å²) >= 11 is 3.55. The van der Waals surface area contributed by atoms with Crippen LogP contribution in [0.2, 0.25) is 0 Å². The van der Waals surface area contributed by atoms with Gasteiger partial charge in [0.1, 0.15) is 12.4 Å². The summed E-state index contributed by atoms with van der Waals surface area (Å²) in [4.78, 5) is 4.60. The van der Waals surface area contributed by atoms with E-state index in [9.17, 15) is 5.26 Å². The molecule has 1 aromatic heterocycles. The molecule has 0 unspecified atom stereocenters. The van der Waals surface area contributed by atoms with Crippen molar-refractivity contribution in [2.45, 2.75) is 20.1 Å². The smallest absolute Gasteiger partial charge is 0.224 e. The number of imidazole rings is 1. The van der Waals surface area contributed by atoms with E-state index in [0.717, 1.165) is 33.2 Å². The molecule has 7 heteroatoms. The van der Waals surface area contributed by atoms with Crippen molar-refractivity contribution < 1.29 is 4.74 Å². The fourth-order valence-electron chi connectivity index (χ4n) is 3.27. The number of hydrazone groups is 1. The summed E-state index contributed by atoms with van der Waals surface area (Å²) in [5.74, 6) is 1.40. The van der Waals surface area contributed by atoms with Gasteiger partial charge in [-0.25, -0.2) is 10.4 Å². The van der Waals surface area contributed by atoms with Gasteiger partial charge in [-0.3, -0.25) is 0 Å². The number of nitriles is 1. The Morgan fingerprint density at radius 1 is 1.16 bits per heavy atom. The number of aryl methyl sites for hydroxylation is 1. The van der Waals surface area contributed by atoms with Gasteiger partial charge < -0.3 is 9.30 Å². The van der Waals surface area contributed by atoms with Crippen LogP contribution in [0.1, 0.15) is 23.6 Å². The lowest BCUT2D eigenvalue weighted by atomic mass is 10.1. The minimum absolute atomic E-state index is 0.324. The molecule has 0 saturated carbocycles. The van der Waals surface area contributed by atoms with Gasteiger partial charge in [-0.15, -0.1) is 0 Å². The molecule has 4 aromatic rings. The Kier molecular flexibility index (Phi) is 6.29. The van der Waals surface area contributed by atoms with Gasteiger partial charge in [-0.1, -0.05) is 30.3 Å². The summed E-state index contributed by atoms with van der Waals surface area (Å²) in [6.07, 6.45) is 1.73. The SMILES string of the molecule is CCn1c(N/N=C\c2ccc(OCc3ccccc3C#N)c(Br)c2)nc2ccccc21. The summed E-state index contributed by atoms with van der Waals surface area (Å²) in [5.41, 5.74) is 7.42. The van der Waals surface area contributed by atoms with Gasteiger partial charge in [0.2, 0.25) is 5.95 Å². The van der Waals surface area contributed by atoms with E-state index in [1.54, 1.807) is 12.3 Å². The van der Waals surface area contributed by atoms with Crippen LogP contribution in [0.5, 0.6) is 5.75 Å². The van der Waals surface area contributed by atoms with Crippen LogP contribution in [-0.4, -0.2) is 15.8 Å². The molecule has 1 heterocycles. The van der Waals surface area contributed by atoms with Crippen molar-refractivity contribution in [3.63, 3.8) is 0 Å². The molecule has 6 nitrogen and oxygen atoms in total. The molecule has 0 saturated heterocycles. The van der Waals surface area contributed by atoms with Crippen LogP contribution in [-0.2, 0) is 13.2 Å². The number of aromatic nitrogens is 2. The lowest BCUT2D eigenvalue weighted by Crippen LogP contribution is -2.02. The Bertz CT molecular complexity index is 1290. The molecule has 0 aliphatic heterocycles. The number of nitrogens with one attached hydrogen (secondary N) is 1. The molecule has 0 atom stereocenters. The molecule has 1 N–H and O–H groups in total. The molecule has 4 rings (SSSR count). The maximum absolute atomic E-state index is 9.20. The van der Waals surface area contributed by atoms with Gasteiger partial charge in [0, 0.05) is 12.1 Å². The fraction of sp³-hybridized carbons (Fsp3) is 0.125. The zero-order valence-corrected chi connectivity index (χ0v) is 18.5. The number of ether oxygens (including phenoxy) is 1. The first-order valence-corrected chi connectivity index (χ1v) is 10.6. The summed E-state index contributed by atoms with van der Waals surface area (Å²) in [6.45, 7) is 3.20. The van der Waals surface area contributed by atoms with Crippen molar-refractivity contribution in [3.8, 4) is 11.8 Å². The van der Waals surface area contributed by atoms with Gasteiger partial charge in [-0.2, -0.15) is 10.4 Å². The highest BCUT2D eigenvalue weighted by Crippen LogP contribution is 2.27. The average molecular weight is 474 g/mol. The third-order valence-corrected chi connectivity index (χ3v) is 5.45. The van der Waals surface area contributed by atoms with Crippen molar-refractivity contribution in [2.24, 2.45) is 5.10 Å². The van der Waals surface area contributed by atoms with E-state index in [2.05, 4.69) is 49.0 Å². The first kappa shape index (κ1) is 20.6. The van der Waals surface area contributed by atoms with E-state index >= 15 is 0 Å². The Hall–Kier alpha value is -3.63. The normalized spacial score (nSPS) is 11.0. The molecule has 0 aliphatic carbocycles. The highest BCUT2D eigenvalue weighted by molar-refractivity contribution is 9.10. The second-order valence-electron chi connectivity index (χ2n) is 6.79. The van der Waals surface area contributed by atoms with E-state index in [0.29, 0.717) is 23.9 Å². The number of hydrogen-bond acceptors (Lipinski definition) is 5. The van der Waals surface area contributed by atoms with Crippen LogP contribution in [0.4, 0.5) is 5.95 Å². The highest BCUT2D eigenvalue weighted by atomic mass is 79.9. The van der Waals surface area contributed by atoms with Crippen LogP contribution in [0, 0.1) is 11.3 Å². The van der Waals surface area contributed by atoms with Crippen molar-refractivity contribution in [1.82, 2.24) is 9.55 Å². The number of nitrogens with zero attached hydrogens (tertiary/aromatic N) is 4. The molecule has 0 fully saturated rings. The van der Waals surface area contributed by atoms with E-state index < -0.39 is 0 Å². The molecule has 0 bridgehead atoms. The number of fused-ring (bicyclic) bond motifs is 1. The first-order valence-electron chi connectivity index (χ1n) is 9.84. The summed E-state index contributed by atoms with van der Waals surface area (Å²) in [5, 5.41) is 13.6. The van der Waals surface area contributed by atoms with Crippen LogP contribution >= 0.6 is 15.9 Å². The van der Waals surface area contributed by atoms with E-state index in [4.69, 9.17) is 4.74 Å². The minimum atomic E-state index is 0.324. The van der Waals surface area contributed by atoms with Gasteiger partial charge in [0.15, 0.2) is 0 Å². The Morgan fingerprint density at radius 2 is 1.97 bits per heavy atom. The number of anilines is 1. The van der Waals surface area contributed by atoms with Gasteiger partial charge >= 0.3 is 0 Å². The number of halogens is 1. The topological polar surface area (TPSA) is 75.2 Å². The van der Waals surface area contributed by atoms with Gasteiger partial charge in [0.25, 0.3) is 0 Å². The maximum atomic E-state index is 9.20. The molecule has 3 aromatic carbocycles. The predicted molar refractivity (Wildman–Crippen MR) is 126 cm³/mol. The first-order chi connectivity index (χ1) is 15.2. The Morgan fingerprint density at radius 3 is 2.77 bits per heavy atom. The van der Waals surface area contributed by atoms with Crippen molar-refractivity contribution in [3.05, 3.63) is 87.9 Å². The quantitative estimate of drug-likeness (QED) is 0.275. The summed E-state index contributed by atoms with van der Waals surface area (Å²) in [7, 11) is 0. The standard InChI is InChI=1S/C24H20BrN5O/c1-2-30-22-10-6-5-9-21(22)28-24(30)29-27-15-17-11-12-23(20(25)13-17)31-16-19-8-4-3-7-18(19)14-26/h3-13,15H,2,16H2,1H3,(H,28,29)/b27-15-. The summed E-state index contributed by atoms with van der Waals surface area (Å²) < 4.78 is 8.78. The lowest BCUT2D eigenvalue weighted by Gasteiger charge is -2.10.